The second-order valence-corrected chi connectivity index (χ2v) is 9.49. The van der Waals surface area contributed by atoms with Crippen LogP contribution in [-0.4, -0.2) is 59.4 Å². The summed E-state index contributed by atoms with van der Waals surface area (Å²) >= 11 is 2.79. The molecule has 0 bridgehead atoms. The normalized spacial score (nSPS) is 18.6. The molecular weight excluding hydrogens is 396 g/mol. The molecule has 156 valence electrons. The predicted molar refractivity (Wildman–Crippen MR) is 113 cm³/mol. The maximum Gasteiger partial charge on any atom is 0.324 e. The van der Waals surface area contributed by atoms with Gasteiger partial charge in [0.1, 0.15) is 0 Å². The van der Waals surface area contributed by atoms with Crippen molar-refractivity contribution >= 4 is 40.2 Å². The number of amides is 2. The van der Waals surface area contributed by atoms with Gasteiger partial charge in [0.15, 0.2) is 5.13 Å². The zero-order valence-corrected chi connectivity index (χ0v) is 18.1. The molecule has 2 heterocycles. The summed E-state index contributed by atoms with van der Waals surface area (Å²) in [6.45, 7) is 4.11. The molecule has 0 radical (unpaired) electrons. The summed E-state index contributed by atoms with van der Waals surface area (Å²) in [7, 11) is 0. The summed E-state index contributed by atoms with van der Waals surface area (Å²) in [6, 6.07) is 0.589. The number of carbonyl (C=O) groups excluding carboxylic acids is 2. The van der Waals surface area contributed by atoms with E-state index in [1.54, 1.807) is 13.1 Å². The van der Waals surface area contributed by atoms with Crippen LogP contribution in [0, 0.1) is 0 Å². The van der Waals surface area contributed by atoms with Gasteiger partial charge in [-0.1, -0.05) is 30.6 Å². The molecule has 2 aliphatic rings. The predicted octanol–water partition coefficient (Wildman–Crippen LogP) is 3.72. The number of esters is 1. The molecule has 1 aliphatic heterocycles. The number of thioether (sulfide) groups is 1. The van der Waals surface area contributed by atoms with Crippen LogP contribution in [0.5, 0.6) is 0 Å². The van der Waals surface area contributed by atoms with Gasteiger partial charge < -0.3 is 15.0 Å². The lowest BCUT2D eigenvalue weighted by Crippen LogP contribution is -2.53. The molecule has 7 nitrogen and oxygen atoms in total. The highest BCUT2D eigenvalue weighted by molar-refractivity contribution is 8.01. The standard InChI is InChI=1S/C19H30N4O3S2/c1-2-26-16(24)13-27-17-12-21-18(28-17)22-19(25)23(14-6-4-3-5-7-14)15-8-10-20-11-9-15/h12,14-15,20H,2-11,13H2,1H3,(H,21,22,25). The van der Waals surface area contributed by atoms with E-state index < -0.39 is 0 Å². The van der Waals surface area contributed by atoms with Gasteiger partial charge in [0.25, 0.3) is 0 Å². The van der Waals surface area contributed by atoms with Gasteiger partial charge in [0.2, 0.25) is 0 Å². The fourth-order valence-electron chi connectivity index (χ4n) is 3.95. The molecule has 1 aromatic heterocycles. The van der Waals surface area contributed by atoms with Gasteiger partial charge in [0.05, 0.1) is 22.8 Å². The Bertz CT molecular complexity index is 625. The summed E-state index contributed by atoms with van der Waals surface area (Å²) in [4.78, 5) is 31.1. The molecular formula is C19H30N4O3S2. The van der Waals surface area contributed by atoms with Gasteiger partial charge in [-0.05, 0) is 45.7 Å². The molecule has 2 N–H and O–H groups in total. The smallest absolute Gasteiger partial charge is 0.324 e. The molecule has 9 heteroatoms. The SMILES string of the molecule is CCOC(=O)CSc1cnc(NC(=O)N(C2CCCCC2)C2CCNCC2)s1. The maximum atomic E-state index is 13.2. The number of hydrogen-bond acceptors (Lipinski definition) is 7. The molecule has 3 rings (SSSR count). The molecule has 1 saturated carbocycles. The Morgan fingerprint density at radius 1 is 1.25 bits per heavy atom. The van der Waals surface area contributed by atoms with Gasteiger partial charge in [-0.3, -0.25) is 10.1 Å². The van der Waals surface area contributed by atoms with Crippen LogP contribution >= 0.6 is 23.1 Å². The summed E-state index contributed by atoms with van der Waals surface area (Å²) in [6.07, 6.45) is 9.57. The van der Waals surface area contributed by atoms with Crippen molar-refractivity contribution in [2.75, 3.05) is 30.8 Å². The number of ether oxygens (including phenoxy) is 1. The first-order valence-corrected chi connectivity index (χ1v) is 12.0. The summed E-state index contributed by atoms with van der Waals surface area (Å²) in [5.41, 5.74) is 0. The first-order valence-electron chi connectivity index (χ1n) is 10.2. The molecule has 1 aromatic rings. The molecule has 0 unspecified atom stereocenters. The topological polar surface area (TPSA) is 83.6 Å². The fourth-order valence-corrected chi connectivity index (χ4v) is 5.61. The zero-order chi connectivity index (χ0) is 19.8. The van der Waals surface area contributed by atoms with Crippen molar-refractivity contribution in [3.8, 4) is 0 Å². The number of aromatic nitrogens is 1. The van der Waals surface area contributed by atoms with E-state index >= 15 is 0 Å². The number of piperidine rings is 1. The molecule has 28 heavy (non-hydrogen) atoms. The van der Waals surface area contributed by atoms with Crippen LogP contribution < -0.4 is 10.6 Å². The van der Waals surface area contributed by atoms with Gasteiger partial charge in [0, 0.05) is 12.1 Å². The highest BCUT2D eigenvalue weighted by Crippen LogP contribution is 2.30. The lowest BCUT2D eigenvalue weighted by Gasteiger charge is -2.41. The summed E-state index contributed by atoms with van der Waals surface area (Å²) in [5.74, 6) is 0.0213. The van der Waals surface area contributed by atoms with E-state index in [2.05, 4.69) is 20.5 Å². The van der Waals surface area contributed by atoms with Crippen LogP contribution in [0.4, 0.5) is 9.93 Å². The number of hydrogen-bond donors (Lipinski definition) is 2. The molecule has 2 fully saturated rings. The van der Waals surface area contributed by atoms with Crippen molar-refractivity contribution in [1.29, 1.82) is 0 Å². The number of rotatable bonds is 7. The monoisotopic (exact) mass is 426 g/mol. The van der Waals surface area contributed by atoms with E-state index in [0.717, 1.165) is 43.0 Å². The van der Waals surface area contributed by atoms with E-state index in [4.69, 9.17) is 4.74 Å². The first kappa shape index (κ1) is 21.4. The Hall–Kier alpha value is -1.32. The number of anilines is 1. The van der Waals surface area contributed by atoms with Crippen LogP contribution in [-0.2, 0) is 9.53 Å². The minimum Gasteiger partial charge on any atom is -0.465 e. The Morgan fingerprint density at radius 3 is 2.68 bits per heavy atom. The zero-order valence-electron chi connectivity index (χ0n) is 16.4. The highest BCUT2D eigenvalue weighted by Gasteiger charge is 2.32. The quantitative estimate of drug-likeness (QED) is 0.511. The van der Waals surface area contributed by atoms with E-state index in [0.29, 0.717) is 23.8 Å². The van der Waals surface area contributed by atoms with Crippen molar-refractivity contribution in [3.63, 3.8) is 0 Å². The van der Waals surface area contributed by atoms with Crippen LogP contribution in [0.2, 0.25) is 0 Å². The number of nitrogens with one attached hydrogen (secondary N) is 2. The summed E-state index contributed by atoms with van der Waals surface area (Å²) in [5, 5.41) is 6.99. The largest absolute Gasteiger partial charge is 0.465 e. The second kappa shape index (κ2) is 11.0. The number of carbonyl (C=O) groups is 2. The Balaban J connectivity index is 1.60. The fraction of sp³-hybridized carbons (Fsp3) is 0.737. The van der Waals surface area contributed by atoms with Gasteiger partial charge in [-0.15, -0.1) is 11.8 Å². The third-order valence-corrected chi connectivity index (χ3v) is 7.32. The second-order valence-electron chi connectivity index (χ2n) is 7.19. The van der Waals surface area contributed by atoms with E-state index in [1.165, 1.54) is 42.4 Å². The third kappa shape index (κ3) is 6.09. The Kier molecular flexibility index (Phi) is 8.42. The first-order chi connectivity index (χ1) is 13.7. The maximum absolute atomic E-state index is 13.2. The molecule has 0 aromatic carbocycles. The number of thiazole rings is 1. The summed E-state index contributed by atoms with van der Waals surface area (Å²) < 4.78 is 5.84. The van der Waals surface area contributed by atoms with Crippen molar-refractivity contribution in [3.05, 3.63) is 6.20 Å². The van der Waals surface area contributed by atoms with E-state index in [9.17, 15) is 9.59 Å². The van der Waals surface area contributed by atoms with Gasteiger partial charge in [-0.25, -0.2) is 9.78 Å². The minimum atomic E-state index is -0.235. The van der Waals surface area contributed by atoms with Crippen LogP contribution in [0.15, 0.2) is 10.4 Å². The Labute approximate surface area is 175 Å². The van der Waals surface area contributed by atoms with E-state index in [-0.39, 0.29) is 17.8 Å². The highest BCUT2D eigenvalue weighted by atomic mass is 32.2. The molecule has 2 amide bonds. The average Bonchev–Trinajstić information content (AvgIpc) is 3.16. The minimum absolute atomic E-state index is 0.0323. The van der Waals surface area contributed by atoms with E-state index in [1.807, 2.05) is 0 Å². The van der Waals surface area contributed by atoms with Crippen LogP contribution in [0.1, 0.15) is 51.9 Å². The molecule has 0 atom stereocenters. The lowest BCUT2D eigenvalue weighted by molar-refractivity contribution is -0.139. The van der Waals surface area contributed by atoms with Crippen molar-refractivity contribution in [2.45, 2.75) is 68.2 Å². The Morgan fingerprint density at radius 2 is 1.96 bits per heavy atom. The third-order valence-electron chi connectivity index (χ3n) is 5.24. The average molecular weight is 427 g/mol. The molecule has 1 saturated heterocycles. The number of nitrogens with zero attached hydrogens (tertiary/aromatic N) is 2. The van der Waals surface area contributed by atoms with Crippen molar-refractivity contribution in [2.24, 2.45) is 0 Å². The van der Waals surface area contributed by atoms with Crippen LogP contribution in [0.25, 0.3) is 0 Å². The molecule has 0 spiro atoms. The lowest BCUT2D eigenvalue weighted by atomic mass is 9.92. The van der Waals surface area contributed by atoms with Gasteiger partial charge in [-0.2, -0.15) is 0 Å². The molecule has 1 aliphatic carbocycles. The van der Waals surface area contributed by atoms with Gasteiger partial charge >= 0.3 is 12.0 Å². The van der Waals surface area contributed by atoms with Crippen LogP contribution in [0.3, 0.4) is 0 Å². The number of urea groups is 1. The van der Waals surface area contributed by atoms with Crippen molar-refractivity contribution < 1.29 is 14.3 Å². The van der Waals surface area contributed by atoms with Crippen molar-refractivity contribution in [1.82, 2.24) is 15.2 Å².